The highest BCUT2D eigenvalue weighted by molar-refractivity contribution is 7.71. The van der Waals surface area contributed by atoms with Crippen molar-refractivity contribution < 1.29 is 0 Å². The summed E-state index contributed by atoms with van der Waals surface area (Å²) < 4.78 is 2.86. The van der Waals surface area contributed by atoms with Crippen molar-refractivity contribution in [2.24, 2.45) is 0 Å². The van der Waals surface area contributed by atoms with Crippen molar-refractivity contribution in [3.63, 3.8) is 0 Å². The molecule has 0 saturated heterocycles. The molecule has 0 unspecified atom stereocenters. The van der Waals surface area contributed by atoms with Crippen molar-refractivity contribution in [2.45, 2.75) is 39.5 Å². The number of nitrogens with one attached hydrogen (secondary N) is 1. The Morgan fingerprint density at radius 1 is 1.17 bits per heavy atom. The summed E-state index contributed by atoms with van der Waals surface area (Å²) >= 11 is 5.33. The fourth-order valence-corrected chi connectivity index (χ4v) is 2.34. The number of rotatable bonds is 2. The lowest BCUT2D eigenvalue weighted by molar-refractivity contribution is 0.590. The number of H-pyrrole nitrogens is 1. The maximum atomic E-state index is 5.33. The van der Waals surface area contributed by atoms with Crippen LogP contribution in [0.3, 0.4) is 0 Å². The van der Waals surface area contributed by atoms with Crippen LogP contribution in [0.5, 0.6) is 0 Å². The highest BCUT2D eigenvalue weighted by atomic mass is 32.1. The Morgan fingerprint density at radius 2 is 1.78 bits per heavy atom. The van der Waals surface area contributed by atoms with E-state index in [1.165, 1.54) is 11.3 Å². The third-order valence-corrected chi connectivity index (χ3v) is 3.51. The molecule has 0 fully saturated rings. The molecule has 0 aliphatic heterocycles. The summed E-state index contributed by atoms with van der Waals surface area (Å²) in [5.74, 6) is 0. The van der Waals surface area contributed by atoms with Gasteiger partial charge in [-0.3, -0.25) is 4.57 Å². The summed E-state index contributed by atoms with van der Waals surface area (Å²) in [6, 6.07) is 8.65. The fraction of sp³-hybridized carbons (Fsp3) is 0.400. The molecule has 1 aromatic heterocycles. The van der Waals surface area contributed by atoms with E-state index in [9.17, 15) is 0 Å². The van der Waals surface area contributed by atoms with Crippen LogP contribution in [0.4, 0.5) is 0 Å². The SMILES string of the molecule is CCc1c[nH]c(=S)n1-c1ccc(C(C)(C)C)cc1. The van der Waals surface area contributed by atoms with Gasteiger partial charge in [0.25, 0.3) is 0 Å². The van der Waals surface area contributed by atoms with Gasteiger partial charge in [0.2, 0.25) is 0 Å². The molecule has 0 amide bonds. The monoisotopic (exact) mass is 260 g/mol. The van der Waals surface area contributed by atoms with Crippen molar-refractivity contribution in [3.05, 3.63) is 46.5 Å². The number of aromatic amines is 1. The summed E-state index contributed by atoms with van der Waals surface area (Å²) in [5.41, 5.74) is 3.87. The molecule has 1 aromatic carbocycles. The summed E-state index contributed by atoms with van der Waals surface area (Å²) in [7, 11) is 0. The molecule has 0 aliphatic carbocycles. The molecule has 0 aliphatic rings. The quantitative estimate of drug-likeness (QED) is 0.794. The molecule has 18 heavy (non-hydrogen) atoms. The number of imidazole rings is 1. The summed E-state index contributed by atoms with van der Waals surface area (Å²) in [5, 5.41) is 0. The summed E-state index contributed by atoms with van der Waals surface area (Å²) in [4.78, 5) is 3.11. The normalized spacial score (nSPS) is 11.8. The topological polar surface area (TPSA) is 20.7 Å². The van der Waals surface area contributed by atoms with Gasteiger partial charge in [0.1, 0.15) is 0 Å². The predicted octanol–water partition coefficient (Wildman–Crippen LogP) is 4.39. The highest BCUT2D eigenvalue weighted by Gasteiger charge is 2.13. The molecule has 2 aromatic rings. The van der Waals surface area contributed by atoms with E-state index in [-0.39, 0.29) is 5.41 Å². The lowest BCUT2D eigenvalue weighted by Gasteiger charge is -2.19. The van der Waals surface area contributed by atoms with Gasteiger partial charge in [-0.05, 0) is 41.7 Å². The zero-order valence-corrected chi connectivity index (χ0v) is 12.3. The number of benzene rings is 1. The Labute approximate surface area is 114 Å². The molecular weight excluding hydrogens is 240 g/mol. The van der Waals surface area contributed by atoms with Gasteiger partial charge < -0.3 is 4.98 Å². The highest BCUT2D eigenvalue weighted by Crippen LogP contribution is 2.23. The fourth-order valence-electron chi connectivity index (χ4n) is 2.06. The van der Waals surface area contributed by atoms with Gasteiger partial charge >= 0.3 is 0 Å². The van der Waals surface area contributed by atoms with E-state index < -0.39 is 0 Å². The average Bonchev–Trinajstić information content (AvgIpc) is 2.69. The van der Waals surface area contributed by atoms with Gasteiger partial charge in [-0.2, -0.15) is 0 Å². The Hall–Kier alpha value is -1.35. The minimum Gasteiger partial charge on any atom is -0.337 e. The average molecular weight is 260 g/mol. The number of nitrogens with zero attached hydrogens (tertiary/aromatic N) is 1. The summed E-state index contributed by atoms with van der Waals surface area (Å²) in [6.07, 6.45) is 2.95. The Balaban J connectivity index is 2.47. The molecule has 0 bridgehead atoms. The van der Waals surface area contributed by atoms with Gasteiger partial charge in [0.05, 0.1) is 0 Å². The molecule has 96 valence electrons. The molecule has 2 rings (SSSR count). The molecule has 3 heteroatoms. The van der Waals surface area contributed by atoms with Crippen molar-refractivity contribution in [3.8, 4) is 5.69 Å². The number of aryl methyl sites for hydroxylation is 1. The second-order valence-electron chi connectivity index (χ2n) is 5.57. The first-order chi connectivity index (χ1) is 8.43. The maximum Gasteiger partial charge on any atom is 0.182 e. The molecule has 0 atom stereocenters. The van der Waals surface area contributed by atoms with Gasteiger partial charge in [0, 0.05) is 17.6 Å². The zero-order chi connectivity index (χ0) is 13.3. The van der Waals surface area contributed by atoms with Crippen LogP contribution in [-0.4, -0.2) is 9.55 Å². The smallest absolute Gasteiger partial charge is 0.182 e. The van der Waals surface area contributed by atoms with E-state index in [4.69, 9.17) is 12.2 Å². The Morgan fingerprint density at radius 3 is 2.28 bits per heavy atom. The molecule has 2 nitrogen and oxygen atoms in total. The number of hydrogen-bond donors (Lipinski definition) is 1. The van der Waals surface area contributed by atoms with Gasteiger partial charge in [-0.25, -0.2) is 0 Å². The van der Waals surface area contributed by atoms with E-state index in [1.54, 1.807) is 0 Å². The first-order valence-electron chi connectivity index (χ1n) is 6.33. The van der Waals surface area contributed by atoms with Gasteiger partial charge in [0.15, 0.2) is 4.77 Å². The zero-order valence-electron chi connectivity index (χ0n) is 11.4. The number of hydrogen-bond acceptors (Lipinski definition) is 1. The maximum absolute atomic E-state index is 5.33. The second kappa shape index (κ2) is 4.73. The van der Waals surface area contributed by atoms with Crippen molar-refractivity contribution in [1.82, 2.24) is 9.55 Å². The number of aromatic nitrogens is 2. The first-order valence-corrected chi connectivity index (χ1v) is 6.74. The minimum absolute atomic E-state index is 0.186. The largest absolute Gasteiger partial charge is 0.337 e. The molecule has 0 radical (unpaired) electrons. The van der Waals surface area contributed by atoms with E-state index in [1.807, 2.05) is 6.20 Å². The Kier molecular flexibility index (Phi) is 3.44. The van der Waals surface area contributed by atoms with Crippen LogP contribution in [0.1, 0.15) is 39.0 Å². The van der Waals surface area contributed by atoms with Crippen LogP contribution in [-0.2, 0) is 11.8 Å². The molecule has 1 N–H and O–H groups in total. The summed E-state index contributed by atoms with van der Waals surface area (Å²) in [6.45, 7) is 8.81. The molecule has 0 spiro atoms. The molecule has 0 saturated carbocycles. The van der Waals surface area contributed by atoms with Crippen LogP contribution in [0.2, 0.25) is 0 Å². The van der Waals surface area contributed by atoms with Gasteiger partial charge in [-0.15, -0.1) is 0 Å². The molecule has 1 heterocycles. The van der Waals surface area contributed by atoms with Crippen molar-refractivity contribution >= 4 is 12.2 Å². The van der Waals surface area contributed by atoms with Crippen LogP contribution < -0.4 is 0 Å². The van der Waals surface area contributed by atoms with E-state index in [0.717, 1.165) is 16.9 Å². The van der Waals surface area contributed by atoms with Gasteiger partial charge in [-0.1, -0.05) is 39.8 Å². The minimum atomic E-state index is 0.186. The third-order valence-electron chi connectivity index (χ3n) is 3.21. The van der Waals surface area contributed by atoms with Crippen molar-refractivity contribution in [1.29, 1.82) is 0 Å². The van der Waals surface area contributed by atoms with Crippen LogP contribution >= 0.6 is 12.2 Å². The van der Waals surface area contributed by atoms with E-state index >= 15 is 0 Å². The van der Waals surface area contributed by atoms with Crippen LogP contribution in [0.25, 0.3) is 5.69 Å². The van der Waals surface area contributed by atoms with E-state index in [0.29, 0.717) is 0 Å². The van der Waals surface area contributed by atoms with Crippen LogP contribution in [0.15, 0.2) is 30.5 Å². The lowest BCUT2D eigenvalue weighted by Crippen LogP contribution is -2.11. The predicted molar refractivity (Wildman–Crippen MR) is 79.0 cm³/mol. The van der Waals surface area contributed by atoms with Crippen molar-refractivity contribution in [2.75, 3.05) is 0 Å². The van der Waals surface area contributed by atoms with E-state index in [2.05, 4.69) is 61.5 Å². The lowest BCUT2D eigenvalue weighted by atomic mass is 9.87. The second-order valence-corrected chi connectivity index (χ2v) is 5.96. The molecular formula is C15H20N2S. The first kappa shape index (κ1) is 13.1. The Bertz CT molecular complexity index is 582. The van der Waals surface area contributed by atoms with Crippen LogP contribution in [0, 0.1) is 4.77 Å². The third kappa shape index (κ3) is 2.41. The standard InChI is InChI=1S/C15H20N2S/c1-5-12-10-16-14(18)17(12)13-8-6-11(7-9-13)15(2,3)4/h6-10H,5H2,1-4H3,(H,16,18).